The van der Waals surface area contributed by atoms with Crippen molar-refractivity contribution >= 4 is 10.8 Å². The maximum atomic E-state index is 8.95. The van der Waals surface area contributed by atoms with Gasteiger partial charge in [-0.15, -0.1) is 0 Å². The van der Waals surface area contributed by atoms with Crippen LogP contribution >= 0.6 is 0 Å². The molecule has 1 N–H and O–H groups in total. The normalized spacial score (nSPS) is 10.3. The minimum absolute atomic E-state index is 0.663. The molecule has 17 heavy (non-hydrogen) atoms. The summed E-state index contributed by atoms with van der Waals surface area (Å²) in [6, 6.07) is 13.9. The highest BCUT2D eigenvalue weighted by atomic mass is 14.9. The van der Waals surface area contributed by atoms with Gasteiger partial charge in [-0.25, -0.2) is 4.98 Å². The van der Waals surface area contributed by atoms with E-state index < -0.39 is 0 Å². The molecule has 0 spiro atoms. The lowest BCUT2D eigenvalue weighted by atomic mass is 10.0. The molecule has 0 atom stereocenters. The summed E-state index contributed by atoms with van der Waals surface area (Å²) in [6.07, 6.45) is 3.52. The van der Waals surface area contributed by atoms with Gasteiger partial charge in [-0.05, 0) is 22.9 Å². The van der Waals surface area contributed by atoms with Crippen molar-refractivity contribution in [2.75, 3.05) is 0 Å². The number of nitriles is 1. The fourth-order valence-electron chi connectivity index (χ4n) is 1.96. The molecule has 1 heterocycles. The molecule has 0 aliphatic heterocycles. The number of aromatic amines is 1. The first-order valence-electron chi connectivity index (χ1n) is 5.31. The standard InChI is InChI=1S/C14H9N3/c15-9-10-4-5-11-2-1-3-12(13(11)8-10)14-16-6-7-17-14/h1-8H,(H,16,17). The van der Waals surface area contributed by atoms with Gasteiger partial charge in [0.2, 0.25) is 0 Å². The van der Waals surface area contributed by atoms with E-state index in [2.05, 4.69) is 16.0 Å². The summed E-state index contributed by atoms with van der Waals surface area (Å²) >= 11 is 0. The van der Waals surface area contributed by atoms with Gasteiger partial charge in [0.25, 0.3) is 0 Å². The summed E-state index contributed by atoms with van der Waals surface area (Å²) in [4.78, 5) is 7.34. The zero-order chi connectivity index (χ0) is 11.7. The van der Waals surface area contributed by atoms with Crippen LogP contribution in [0.3, 0.4) is 0 Å². The first-order valence-corrected chi connectivity index (χ1v) is 5.31. The van der Waals surface area contributed by atoms with Crippen LogP contribution in [0, 0.1) is 11.3 Å². The van der Waals surface area contributed by atoms with Crippen LogP contribution in [0.5, 0.6) is 0 Å². The van der Waals surface area contributed by atoms with Crippen LogP contribution in [0.1, 0.15) is 5.56 Å². The minimum Gasteiger partial charge on any atom is -0.345 e. The molecule has 3 rings (SSSR count). The lowest BCUT2D eigenvalue weighted by Gasteiger charge is -2.04. The van der Waals surface area contributed by atoms with Crippen molar-refractivity contribution in [3.63, 3.8) is 0 Å². The fraction of sp³-hybridized carbons (Fsp3) is 0. The van der Waals surface area contributed by atoms with E-state index in [9.17, 15) is 0 Å². The van der Waals surface area contributed by atoms with Crippen LogP contribution in [-0.4, -0.2) is 9.97 Å². The van der Waals surface area contributed by atoms with Gasteiger partial charge < -0.3 is 4.98 Å². The van der Waals surface area contributed by atoms with Gasteiger partial charge in [-0.2, -0.15) is 5.26 Å². The molecular weight excluding hydrogens is 210 g/mol. The summed E-state index contributed by atoms with van der Waals surface area (Å²) in [5.41, 5.74) is 1.68. The van der Waals surface area contributed by atoms with Crippen molar-refractivity contribution in [1.29, 1.82) is 5.26 Å². The van der Waals surface area contributed by atoms with Crippen molar-refractivity contribution in [2.45, 2.75) is 0 Å². The lowest BCUT2D eigenvalue weighted by Crippen LogP contribution is -1.84. The molecule has 0 saturated heterocycles. The van der Waals surface area contributed by atoms with Crippen LogP contribution in [0.4, 0.5) is 0 Å². The number of nitrogens with one attached hydrogen (secondary N) is 1. The Morgan fingerprint density at radius 2 is 2.12 bits per heavy atom. The third kappa shape index (κ3) is 1.56. The predicted octanol–water partition coefficient (Wildman–Crippen LogP) is 3.10. The van der Waals surface area contributed by atoms with E-state index in [1.54, 1.807) is 12.4 Å². The molecule has 0 aliphatic rings. The molecule has 0 radical (unpaired) electrons. The molecule has 0 bridgehead atoms. The van der Waals surface area contributed by atoms with E-state index in [1.807, 2.05) is 36.4 Å². The number of fused-ring (bicyclic) bond motifs is 1. The third-order valence-electron chi connectivity index (χ3n) is 2.76. The molecule has 3 nitrogen and oxygen atoms in total. The second-order valence-corrected chi connectivity index (χ2v) is 3.79. The SMILES string of the molecule is N#Cc1ccc2cccc(-c3ncc[nH]3)c2c1. The number of nitrogens with zero attached hydrogens (tertiary/aromatic N) is 2. The number of hydrogen-bond acceptors (Lipinski definition) is 2. The Morgan fingerprint density at radius 1 is 1.18 bits per heavy atom. The average molecular weight is 219 g/mol. The summed E-state index contributed by atoms with van der Waals surface area (Å²) in [5, 5.41) is 11.1. The van der Waals surface area contributed by atoms with Crippen LogP contribution in [0.2, 0.25) is 0 Å². The lowest BCUT2D eigenvalue weighted by molar-refractivity contribution is 1.32. The Labute approximate surface area is 98.4 Å². The Hall–Kier alpha value is -2.60. The summed E-state index contributed by atoms with van der Waals surface area (Å²) < 4.78 is 0. The van der Waals surface area contributed by atoms with Crippen LogP contribution in [0.25, 0.3) is 22.2 Å². The number of rotatable bonds is 1. The number of aromatic nitrogens is 2. The highest BCUT2D eigenvalue weighted by molar-refractivity contribution is 5.95. The molecule has 3 aromatic rings. The van der Waals surface area contributed by atoms with Crippen molar-refractivity contribution in [1.82, 2.24) is 9.97 Å². The third-order valence-corrected chi connectivity index (χ3v) is 2.76. The van der Waals surface area contributed by atoms with Gasteiger partial charge in [0.15, 0.2) is 0 Å². The van der Waals surface area contributed by atoms with Crippen molar-refractivity contribution in [3.05, 3.63) is 54.4 Å². The number of imidazole rings is 1. The van der Waals surface area contributed by atoms with E-state index >= 15 is 0 Å². The summed E-state index contributed by atoms with van der Waals surface area (Å²) in [6.45, 7) is 0. The Balaban J connectivity index is 2.35. The highest BCUT2D eigenvalue weighted by Crippen LogP contribution is 2.26. The van der Waals surface area contributed by atoms with E-state index in [1.165, 1.54) is 0 Å². The number of H-pyrrole nitrogens is 1. The molecule has 80 valence electrons. The van der Waals surface area contributed by atoms with E-state index in [-0.39, 0.29) is 0 Å². The van der Waals surface area contributed by atoms with Crippen molar-refractivity contribution in [2.24, 2.45) is 0 Å². The van der Waals surface area contributed by atoms with Gasteiger partial charge in [-0.3, -0.25) is 0 Å². The second kappa shape index (κ2) is 3.76. The smallest absolute Gasteiger partial charge is 0.137 e. The monoisotopic (exact) mass is 219 g/mol. The van der Waals surface area contributed by atoms with Gasteiger partial charge in [0.1, 0.15) is 5.82 Å². The van der Waals surface area contributed by atoms with E-state index in [0.717, 1.165) is 22.2 Å². The van der Waals surface area contributed by atoms with Crippen molar-refractivity contribution < 1.29 is 0 Å². The molecule has 0 amide bonds. The van der Waals surface area contributed by atoms with E-state index in [0.29, 0.717) is 5.56 Å². The zero-order valence-corrected chi connectivity index (χ0v) is 9.01. The zero-order valence-electron chi connectivity index (χ0n) is 9.01. The fourth-order valence-corrected chi connectivity index (χ4v) is 1.96. The molecule has 2 aromatic carbocycles. The average Bonchev–Trinajstić information content (AvgIpc) is 2.91. The van der Waals surface area contributed by atoms with Crippen molar-refractivity contribution in [3.8, 4) is 17.5 Å². The quantitative estimate of drug-likeness (QED) is 0.683. The van der Waals surface area contributed by atoms with Crippen LogP contribution in [0.15, 0.2) is 48.8 Å². The maximum Gasteiger partial charge on any atom is 0.137 e. The molecule has 0 fully saturated rings. The predicted molar refractivity (Wildman–Crippen MR) is 66.2 cm³/mol. The first-order chi connectivity index (χ1) is 8.38. The Morgan fingerprint density at radius 3 is 2.88 bits per heavy atom. The Bertz CT molecular complexity index is 706. The first kappa shape index (κ1) is 9.61. The van der Waals surface area contributed by atoms with Gasteiger partial charge in [-0.1, -0.05) is 24.3 Å². The Kier molecular flexibility index (Phi) is 2.13. The molecule has 0 aliphatic carbocycles. The highest BCUT2D eigenvalue weighted by Gasteiger charge is 2.05. The van der Waals surface area contributed by atoms with Gasteiger partial charge >= 0.3 is 0 Å². The molecular formula is C14H9N3. The maximum absolute atomic E-state index is 8.95. The topological polar surface area (TPSA) is 52.5 Å². The van der Waals surface area contributed by atoms with Gasteiger partial charge in [0, 0.05) is 18.0 Å². The molecule has 3 heteroatoms. The van der Waals surface area contributed by atoms with Gasteiger partial charge in [0.05, 0.1) is 11.6 Å². The minimum atomic E-state index is 0.663. The molecule has 0 saturated carbocycles. The van der Waals surface area contributed by atoms with Crippen LogP contribution in [-0.2, 0) is 0 Å². The van der Waals surface area contributed by atoms with Crippen LogP contribution < -0.4 is 0 Å². The number of hydrogen-bond donors (Lipinski definition) is 1. The molecule has 0 unspecified atom stereocenters. The summed E-state index contributed by atoms with van der Waals surface area (Å²) in [7, 11) is 0. The van der Waals surface area contributed by atoms with E-state index in [4.69, 9.17) is 5.26 Å². The largest absolute Gasteiger partial charge is 0.345 e. The second-order valence-electron chi connectivity index (χ2n) is 3.79. The summed E-state index contributed by atoms with van der Waals surface area (Å²) in [5.74, 6) is 0.825. The molecule has 1 aromatic heterocycles. The number of benzene rings is 2.